The van der Waals surface area contributed by atoms with Crippen molar-refractivity contribution in [2.75, 3.05) is 19.0 Å². The molecule has 0 radical (unpaired) electrons. The molecule has 0 fully saturated rings. The highest BCUT2D eigenvalue weighted by molar-refractivity contribution is 7.15. The summed E-state index contributed by atoms with van der Waals surface area (Å²) in [6.45, 7) is 0.173. The molecule has 2 rings (SSSR count). The van der Waals surface area contributed by atoms with Gasteiger partial charge in [-0.3, -0.25) is 4.79 Å². The van der Waals surface area contributed by atoms with Gasteiger partial charge in [0.05, 0.1) is 6.61 Å². The minimum absolute atomic E-state index is 0. The quantitative estimate of drug-likeness (QED) is 0.828. The molecule has 0 aliphatic heterocycles. The van der Waals surface area contributed by atoms with Crippen molar-refractivity contribution in [1.82, 2.24) is 4.98 Å². The molecule has 22 heavy (non-hydrogen) atoms. The van der Waals surface area contributed by atoms with Crippen LogP contribution in [-0.2, 0) is 16.0 Å². The van der Waals surface area contributed by atoms with Gasteiger partial charge >= 0.3 is 0 Å². The van der Waals surface area contributed by atoms with E-state index in [4.69, 9.17) is 22.1 Å². The van der Waals surface area contributed by atoms with Crippen molar-refractivity contribution in [2.45, 2.75) is 12.5 Å². The summed E-state index contributed by atoms with van der Waals surface area (Å²) in [5.41, 5.74) is 6.75. The number of methoxy groups -OCH3 is 1. The lowest BCUT2D eigenvalue weighted by Gasteiger charge is -2.08. The Hall–Kier alpha value is -1.18. The molecular formula is C14H17Cl2N3O2S. The van der Waals surface area contributed by atoms with Crippen molar-refractivity contribution in [2.24, 2.45) is 5.73 Å². The normalized spacial score (nSPS) is 11.6. The number of ether oxygens (including phenoxy) is 1. The van der Waals surface area contributed by atoms with Crippen LogP contribution >= 0.6 is 35.3 Å². The second-order valence-corrected chi connectivity index (χ2v) is 6.04. The maximum atomic E-state index is 11.7. The van der Waals surface area contributed by atoms with Crippen molar-refractivity contribution in [1.29, 1.82) is 0 Å². The SMILES string of the molecule is COCC(N)C(=O)Nc1ncc(Cc2cccc(Cl)c2)s1.Cl. The second kappa shape index (κ2) is 9.07. The third kappa shape index (κ3) is 5.55. The molecule has 1 amide bonds. The number of nitrogens with two attached hydrogens (primary N) is 1. The Labute approximate surface area is 144 Å². The molecule has 1 aromatic heterocycles. The fraction of sp³-hybridized carbons (Fsp3) is 0.286. The molecule has 0 spiro atoms. The first-order valence-corrected chi connectivity index (χ1v) is 7.52. The van der Waals surface area contributed by atoms with E-state index in [1.54, 1.807) is 6.20 Å². The van der Waals surface area contributed by atoms with E-state index in [2.05, 4.69) is 10.3 Å². The predicted molar refractivity (Wildman–Crippen MR) is 92.1 cm³/mol. The number of carbonyl (C=O) groups excluding carboxylic acids is 1. The van der Waals surface area contributed by atoms with E-state index < -0.39 is 6.04 Å². The summed E-state index contributed by atoms with van der Waals surface area (Å²) in [6.07, 6.45) is 2.46. The maximum Gasteiger partial charge on any atom is 0.245 e. The molecule has 1 unspecified atom stereocenters. The fourth-order valence-electron chi connectivity index (χ4n) is 1.75. The van der Waals surface area contributed by atoms with Crippen LogP contribution in [-0.4, -0.2) is 30.6 Å². The number of anilines is 1. The standard InChI is InChI=1S/C14H16ClN3O2S.ClH/c1-20-8-12(16)13(19)18-14-17-7-11(21-14)6-9-3-2-4-10(15)5-9;/h2-5,7,12H,6,8,16H2,1H3,(H,17,18,19);1H. The molecule has 2 aromatic rings. The van der Waals surface area contributed by atoms with Crippen molar-refractivity contribution in [3.05, 3.63) is 45.9 Å². The molecule has 0 aliphatic carbocycles. The Morgan fingerprint density at radius 3 is 3.00 bits per heavy atom. The topological polar surface area (TPSA) is 77.2 Å². The van der Waals surface area contributed by atoms with E-state index >= 15 is 0 Å². The molecule has 3 N–H and O–H groups in total. The number of halogens is 2. The first-order valence-electron chi connectivity index (χ1n) is 6.33. The van der Waals surface area contributed by atoms with Crippen LogP contribution < -0.4 is 11.1 Å². The van der Waals surface area contributed by atoms with Crippen molar-refractivity contribution >= 4 is 46.4 Å². The van der Waals surface area contributed by atoms with Gasteiger partial charge in [-0.25, -0.2) is 4.98 Å². The minimum Gasteiger partial charge on any atom is -0.383 e. The number of nitrogens with one attached hydrogen (secondary N) is 1. The highest BCUT2D eigenvalue weighted by Crippen LogP contribution is 2.22. The molecule has 0 aliphatic rings. The average Bonchev–Trinajstić information content (AvgIpc) is 2.86. The van der Waals surface area contributed by atoms with Crippen LogP contribution in [0.25, 0.3) is 0 Å². The molecule has 1 atom stereocenters. The van der Waals surface area contributed by atoms with Gasteiger partial charge in [0.1, 0.15) is 6.04 Å². The molecule has 5 nitrogen and oxygen atoms in total. The Kier molecular flexibility index (Phi) is 7.78. The first kappa shape index (κ1) is 18.9. The Bertz CT molecular complexity index is 622. The molecule has 0 bridgehead atoms. The van der Waals surface area contributed by atoms with Gasteiger partial charge in [0.25, 0.3) is 0 Å². The Morgan fingerprint density at radius 1 is 1.55 bits per heavy atom. The van der Waals surface area contributed by atoms with Crippen LogP contribution in [0.1, 0.15) is 10.4 Å². The van der Waals surface area contributed by atoms with Crippen molar-refractivity contribution < 1.29 is 9.53 Å². The van der Waals surface area contributed by atoms with Crippen LogP contribution in [0.4, 0.5) is 5.13 Å². The monoisotopic (exact) mass is 361 g/mol. The molecule has 0 saturated carbocycles. The molecular weight excluding hydrogens is 345 g/mol. The zero-order chi connectivity index (χ0) is 15.2. The lowest BCUT2D eigenvalue weighted by atomic mass is 10.1. The summed E-state index contributed by atoms with van der Waals surface area (Å²) < 4.78 is 4.84. The van der Waals surface area contributed by atoms with Crippen LogP contribution in [0.2, 0.25) is 5.02 Å². The zero-order valence-corrected chi connectivity index (χ0v) is 14.3. The third-order valence-electron chi connectivity index (χ3n) is 2.73. The molecule has 8 heteroatoms. The van der Waals surface area contributed by atoms with E-state index in [0.717, 1.165) is 16.9 Å². The second-order valence-electron chi connectivity index (χ2n) is 4.49. The lowest BCUT2D eigenvalue weighted by Crippen LogP contribution is -2.39. The number of amides is 1. The fourth-order valence-corrected chi connectivity index (χ4v) is 2.81. The van der Waals surface area contributed by atoms with E-state index in [9.17, 15) is 4.79 Å². The summed E-state index contributed by atoms with van der Waals surface area (Å²) in [6, 6.07) is 6.95. The third-order valence-corrected chi connectivity index (χ3v) is 3.88. The molecule has 120 valence electrons. The summed E-state index contributed by atoms with van der Waals surface area (Å²) in [7, 11) is 1.50. The van der Waals surface area contributed by atoms with E-state index in [-0.39, 0.29) is 24.9 Å². The first-order chi connectivity index (χ1) is 10.1. The van der Waals surface area contributed by atoms with E-state index in [1.165, 1.54) is 18.4 Å². The summed E-state index contributed by atoms with van der Waals surface area (Å²) >= 11 is 7.37. The van der Waals surface area contributed by atoms with Gasteiger partial charge in [0.2, 0.25) is 5.91 Å². The van der Waals surface area contributed by atoms with Crippen LogP contribution in [0, 0.1) is 0 Å². The highest BCUT2D eigenvalue weighted by atomic mass is 35.5. The molecule has 1 aromatic carbocycles. The summed E-state index contributed by atoms with van der Waals surface area (Å²) in [5.74, 6) is -0.305. The maximum absolute atomic E-state index is 11.7. The van der Waals surface area contributed by atoms with E-state index in [0.29, 0.717) is 10.2 Å². The number of nitrogens with zero attached hydrogens (tertiary/aromatic N) is 1. The van der Waals surface area contributed by atoms with Gasteiger partial charge in [-0.05, 0) is 17.7 Å². The minimum atomic E-state index is -0.699. The van der Waals surface area contributed by atoms with Crippen molar-refractivity contribution in [3.63, 3.8) is 0 Å². The van der Waals surface area contributed by atoms with Gasteiger partial charge in [-0.2, -0.15) is 0 Å². The number of aromatic nitrogens is 1. The zero-order valence-electron chi connectivity index (χ0n) is 11.9. The average molecular weight is 362 g/mol. The van der Waals surface area contributed by atoms with Crippen LogP contribution in [0.3, 0.4) is 0 Å². The van der Waals surface area contributed by atoms with Crippen LogP contribution in [0.5, 0.6) is 0 Å². The smallest absolute Gasteiger partial charge is 0.245 e. The van der Waals surface area contributed by atoms with Gasteiger partial charge in [-0.1, -0.05) is 23.7 Å². The largest absolute Gasteiger partial charge is 0.383 e. The highest BCUT2D eigenvalue weighted by Gasteiger charge is 2.14. The number of hydrogen-bond acceptors (Lipinski definition) is 5. The van der Waals surface area contributed by atoms with Crippen LogP contribution in [0.15, 0.2) is 30.5 Å². The van der Waals surface area contributed by atoms with Gasteiger partial charge in [0, 0.05) is 29.6 Å². The summed E-state index contributed by atoms with van der Waals surface area (Å²) in [5, 5.41) is 3.92. The number of benzene rings is 1. The number of rotatable bonds is 6. The Morgan fingerprint density at radius 2 is 2.32 bits per heavy atom. The lowest BCUT2D eigenvalue weighted by molar-refractivity contribution is -0.118. The van der Waals surface area contributed by atoms with E-state index in [1.807, 2.05) is 24.3 Å². The Balaban J connectivity index is 0.00000242. The number of carbonyl (C=O) groups is 1. The van der Waals surface area contributed by atoms with Crippen molar-refractivity contribution in [3.8, 4) is 0 Å². The summed E-state index contributed by atoms with van der Waals surface area (Å²) in [4.78, 5) is 17.0. The van der Waals surface area contributed by atoms with Gasteiger partial charge in [0.15, 0.2) is 5.13 Å². The predicted octanol–water partition coefficient (Wildman–Crippen LogP) is 2.72. The molecule has 1 heterocycles. The molecule has 0 saturated heterocycles. The number of thiazole rings is 1. The van der Waals surface area contributed by atoms with Gasteiger partial charge < -0.3 is 15.8 Å². The van der Waals surface area contributed by atoms with Gasteiger partial charge in [-0.15, -0.1) is 23.7 Å². The number of hydrogen-bond donors (Lipinski definition) is 2.